The Balaban J connectivity index is 2.10. The highest BCUT2D eigenvalue weighted by Gasteiger charge is 2.21. The number of carbonyl (C=O) groups is 1. The molecule has 70 valence electrons. The predicted octanol–water partition coefficient (Wildman–Crippen LogP) is 0.640. The second-order valence-electron chi connectivity index (χ2n) is 3.67. The molecule has 1 aliphatic rings. The molecule has 0 aliphatic heterocycles. The van der Waals surface area contributed by atoms with E-state index in [0.717, 1.165) is 12.3 Å². The fourth-order valence-corrected chi connectivity index (χ4v) is 1.58. The fourth-order valence-electron chi connectivity index (χ4n) is 1.58. The minimum Gasteiger partial charge on any atom is -0.359 e. The Hall–Kier alpha value is -0.570. The zero-order chi connectivity index (χ0) is 8.97. The molecule has 0 aromatic heterocycles. The Morgan fingerprint density at radius 3 is 2.75 bits per heavy atom. The summed E-state index contributed by atoms with van der Waals surface area (Å²) in [6.45, 7) is 0. The average molecular weight is 170 g/mol. The van der Waals surface area contributed by atoms with Gasteiger partial charge in [0, 0.05) is 19.5 Å². The van der Waals surface area contributed by atoms with Crippen LogP contribution in [0.5, 0.6) is 0 Å². The lowest BCUT2D eigenvalue weighted by Crippen LogP contribution is -2.32. The van der Waals surface area contributed by atoms with Crippen molar-refractivity contribution in [3.8, 4) is 0 Å². The van der Waals surface area contributed by atoms with Crippen molar-refractivity contribution in [2.75, 3.05) is 7.05 Å². The van der Waals surface area contributed by atoms with E-state index in [4.69, 9.17) is 5.73 Å². The number of amides is 1. The fraction of sp³-hybridized carbons (Fsp3) is 0.889. The minimum absolute atomic E-state index is 0.0572. The Labute approximate surface area is 73.7 Å². The smallest absolute Gasteiger partial charge is 0.221 e. The van der Waals surface area contributed by atoms with Gasteiger partial charge in [-0.05, 0) is 12.3 Å². The molecule has 3 N–H and O–H groups in total. The molecule has 0 bridgehead atoms. The largest absolute Gasteiger partial charge is 0.359 e. The van der Waals surface area contributed by atoms with E-state index in [1.165, 1.54) is 19.3 Å². The van der Waals surface area contributed by atoms with Crippen molar-refractivity contribution in [2.45, 2.75) is 38.1 Å². The molecule has 3 heteroatoms. The maximum Gasteiger partial charge on any atom is 0.221 e. The van der Waals surface area contributed by atoms with Crippen molar-refractivity contribution >= 4 is 5.91 Å². The highest BCUT2D eigenvalue weighted by atomic mass is 16.1. The van der Waals surface area contributed by atoms with Gasteiger partial charge in [-0.15, -0.1) is 0 Å². The summed E-state index contributed by atoms with van der Waals surface area (Å²) in [6.07, 6.45) is 5.46. The summed E-state index contributed by atoms with van der Waals surface area (Å²) in [4.78, 5) is 10.9. The molecule has 0 heterocycles. The monoisotopic (exact) mass is 170 g/mol. The van der Waals surface area contributed by atoms with Crippen LogP contribution in [0.25, 0.3) is 0 Å². The molecule has 0 aromatic carbocycles. The second-order valence-corrected chi connectivity index (χ2v) is 3.67. The maximum absolute atomic E-state index is 10.9. The zero-order valence-corrected chi connectivity index (χ0v) is 7.68. The molecule has 3 nitrogen and oxygen atoms in total. The summed E-state index contributed by atoms with van der Waals surface area (Å²) in [6, 6.07) is 0.0650. The van der Waals surface area contributed by atoms with Gasteiger partial charge in [0.05, 0.1) is 0 Å². The number of rotatable bonds is 4. The molecule has 0 saturated heterocycles. The van der Waals surface area contributed by atoms with E-state index in [-0.39, 0.29) is 11.9 Å². The normalized spacial score (nSPS) is 19.8. The van der Waals surface area contributed by atoms with E-state index in [0.29, 0.717) is 6.42 Å². The number of nitrogens with one attached hydrogen (secondary N) is 1. The van der Waals surface area contributed by atoms with Gasteiger partial charge in [-0.1, -0.05) is 19.3 Å². The molecule has 1 aliphatic carbocycles. The van der Waals surface area contributed by atoms with Crippen LogP contribution in [0.1, 0.15) is 32.1 Å². The number of nitrogens with two attached hydrogens (primary N) is 1. The lowest BCUT2D eigenvalue weighted by Gasteiger charge is -2.27. The van der Waals surface area contributed by atoms with Crippen LogP contribution in [-0.4, -0.2) is 19.0 Å². The third kappa shape index (κ3) is 2.81. The number of carbonyl (C=O) groups excluding carboxylic acids is 1. The Bertz CT molecular complexity index is 155. The van der Waals surface area contributed by atoms with Crippen LogP contribution in [0, 0.1) is 5.92 Å². The van der Waals surface area contributed by atoms with Crippen LogP contribution in [0.15, 0.2) is 0 Å². The van der Waals surface area contributed by atoms with Gasteiger partial charge < -0.3 is 11.1 Å². The molecular weight excluding hydrogens is 152 g/mol. The SMILES string of the molecule is CNC(=O)CC(N)CC1CCC1. The molecule has 1 saturated carbocycles. The molecule has 0 aromatic rings. The van der Waals surface area contributed by atoms with Crippen molar-refractivity contribution in [1.82, 2.24) is 5.32 Å². The topological polar surface area (TPSA) is 55.1 Å². The van der Waals surface area contributed by atoms with E-state index < -0.39 is 0 Å². The van der Waals surface area contributed by atoms with Crippen molar-refractivity contribution in [2.24, 2.45) is 11.7 Å². The van der Waals surface area contributed by atoms with Gasteiger partial charge >= 0.3 is 0 Å². The van der Waals surface area contributed by atoms with Gasteiger partial charge in [-0.25, -0.2) is 0 Å². The lowest BCUT2D eigenvalue weighted by atomic mass is 9.80. The summed E-state index contributed by atoms with van der Waals surface area (Å²) in [5, 5.41) is 2.59. The standard InChI is InChI=1S/C9H18N2O/c1-11-9(12)6-8(10)5-7-3-2-4-7/h7-8H,2-6,10H2,1H3,(H,11,12). The first-order chi connectivity index (χ1) is 5.72. The maximum atomic E-state index is 10.9. The van der Waals surface area contributed by atoms with Gasteiger partial charge in [0.25, 0.3) is 0 Å². The van der Waals surface area contributed by atoms with Gasteiger partial charge in [0.15, 0.2) is 0 Å². The van der Waals surface area contributed by atoms with E-state index in [2.05, 4.69) is 5.32 Å². The first-order valence-electron chi connectivity index (χ1n) is 4.68. The number of hydrogen-bond donors (Lipinski definition) is 2. The predicted molar refractivity (Wildman–Crippen MR) is 48.6 cm³/mol. The summed E-state index contributed by atoms with van der Waals surface area (Å²) >= 11 is 0. The van der Waals surface area contributed by atoms with Crippen LogP contribution in [0.3, 0.4) is 0 Å². The van der Waals surface area contributed by atoms with Crippen molar-refractivity contribution in [3.05, 3.63) is 0 Å². The molecule has 1 rings (SSSR count). The Kier molecular flexibility index (Phi) is 3.53. The molecule has 1 unspecified atom stereocenters. The third-order valence-electron chi connectivity index (χ3n) is 2.59. The van der Waals surface area contributed by atoms with Crippen LogP contribution < -0.4 is 11.1 Å². The van der Waals surface area contributed by atoms with Gasteiger partial charge in [-0.3, -0.25) is 4.79 Å². The molecule has 0 spiro atoms. The van der Waals surface area contributed by atoms with E-state index in [1.807, 2.05) is 0 Å². The lowest BCUT2D eigenvalue weighted by molar-refractivity contribution is -0.121. The average Bonchev–Trinajstić information content (AvgIpc) is 1.97. The molecular formula is C9H18N2O. The zero-order valence-electron chi connectivity index (χ0n) is 7.68. The van der Waals surface area contributed by atoms with Crippen molar-refractivity contribution in [1.29, 1.82) is 0 Å². The van der Waals surface area contributed by atoms with Gasteiger partial charge in [0.1, 0.15) is 0 Å². The van der Waals surface area contributed by atoms with Crippen LogP contribution in [0.4, 0.5) is 0 Å². The van der Waals surface area contributed by atoms with Crippen molar-refractivity contribution in [3.63, 3.8) is 0 Å². The third-order valence-corrected chi connectivity index (χ3v) is 2.59. The highest BCUT2D eigenvalue weighted by Crippen LogP contribution is 2.30. The molecule has 1 atom stereocenters. The van der Waals surface area contributed by atoms with Gasteiger partial charge in [-0.2, -0.15) is 0 Å². The Morgan fingerprint density at radius 2 is 2.33 bits per heavy atom. The molecule has 1 amide bonds. The van der Waals surface area contributed by atoms with Crippen molar-refractivity contribution < 1.29 is 4.79 Å². The van der Waals surface area contributed by atoms with Crippen LogP contribution in [0.2, 0.25) is 0 Å². The highest BCUT2D eigenvalue weighted by molar-refractivity contribution is 5.76. The summed E-state index contributed by atoms with van der Waals surface area (Å²) < 4.78 is 0. The van der Waals surface area contributed by atoms with Crippen LogP contribution in [-0.2, 0) is 4.79 Å². The van der Waals surface area contributed by atoms with E-state index >= 15 is 0 Å². The first-order valence-corrected chi connectivity index (χ1v) is 4.68. The molecule has 12 heavy (non-hydrogen) atoms. The van der Waals surface area contributed by atoms with E-state index in [9.17, 15) is 4.79 Å². The molecule has 1 fully saturated rings. The molecule has 0 radical (unpaired) electrons. The number of hydrogen-bond acceptors (Lipinski definition) is 2. The minimum atomic E-state index is 0.0572. The summed E-state index contributed by atoms with van der Waals surface area (Å²) in [7, 11) is 1.65. The second kappa shape index (κ2) is 4.45. The quantitative estimate of drug-likeness (QED) is 0.650. The van der Waals surface area contributed by atoms with Crippen LogP contribution >= 0.6 is 0 Å². The van der Waals surface area contributed by atoms with E-state index in [1.54, 1.807) is 7.05 Å². The summed E-state index contributed by atoms with van der Waals surface area (Å²) in [5.41, 5.74) is 5.80. The first kappa shape index (κ1) is 9.52. The van der Waals surface area contributed by atoms with Gasteiger partial charge in [0.2, 0.25) is 5.91 Å². The summed E-state index contributed by atoms with van der Waals surface area (Å²) in [5.74, 6) is 0.853. The Morgan fingerprint density at radius 1 is 1.67 bits per heavy atom.